The number of ether oxygens (including phenoxy) is 1. The molecule has 0 aliphatic carbocycles. The van der Waals surface area contributed by atoms with Gasteiger partial charge >= 0.3 is 11.9 Å². The van der Waals surface area contributed by atoms with E-state index in [1.54, 1.807) is 6.92 Å². The number of carbonyl (C=O) groups excluding carboxylic acids is 2. The Morgan fingerprint density at radius 2 is 1.76 bits per heavy atom. The van der Waals surface area contributed by atoms with Gasteiger partial charge in [-0.3, -0.25) is 9.59 Å². The third-order valence-corrected chi connectivity index (χ3v) is 2.81. The van der Waals surface area contributed by atoms with Crippen molar-refractivity contribution < 1.29 is 33.8 Å². The van der Waals surface area contributed by atoms with E-state index < -0.39 is 24.0 Å². The first kappa shape index (κ1) is 19.4. The van der Waals surface area contributed by atoms with E-state index in [0.717, 1.165) is 0 Å². The highest BCUT2D eigenvalue weighted by Crippen LogP contribution is 2.13. The molecule has 122 valence electrons. The van der Waals surface area contributed by atoms with Crippen LogP contribution in [0.3, 0.4) is 0 Å². The molecule has 0 fully saturated rings. The van der Waals surface area contributed by atoms with Crippen molar-refractivity contribution in [1.82, 2.24) is 0 Å². The molecule has 0 aromatic heterocycles. The predicted octanol–water partition coefficient (Wildman–Crippen LogP) is -0.365. The first-order valence-corrected chi connectivity index (χ1v) is 6.91. The highest BCUT2D eigenvalue weighted by atomic mass is 16.5. The molecule has 7 nitrogen and oxygen atoms in total. The molecule has 0 bridgehead atoms. The highest BCUT2D eigenvalue weighted by molar-refractivity contribution is 5.71. The number of hydrogen-bond acceptors (Lipinski definition) is 5. The summed E-state index contributed by atoms with van der Waals surface area (Å²) in [5.74, 6) is -2.80. The van der Waals surface area contributed by atoms with E-state index in [1.807, 2.05) is 21.1 Å². The molecule has 0 aromatic rings. The number of quaternary nitrogens is 1. The molecular formula is C14H25NO6. The lowest BCUT2D eigenvalue weighted by atomic mass is 10.0. The van der Waals surface area contributed by atoms with Crippen LogP contribution in [0.1, 0.15) is 32.6 Å². The number of aliphatic carboxylic acids is 2. The van der Waals surface area contributed by atoms with Crippen LogP contribution in [0.25, 0.3) is 0 Å². The minimum absolute atomic E-state index is 0.00417. The number of carbonyl (C=O) groups is 3. The summed E-state index contributed by atoms with van der Waals surface area (Å²) in [6.07, 6.45) is -0.631. The van der Waals surface area contributed by atoms with Gasteiger partial charge in [0.1, 0.15) is 6.54 Å². The van der Waals surface area contributed by atoms with Gasteiger partial charge in [0, 0.05) is 25.2 Å². The zero-order chi connectivity index (χ0) is 16.6. The van der Waals surface area contributed by atoms with E-state index in [2.05, 4.69) is 0 Å². The Hall–Kier alpha value is -1.63. The standard InChI is InChI=1S/C14H25NO6/c1-10(5-6-12(16)17)7-14(20)21-11(8-13(18)19)9-15(2,3)4/h10-11H,5-9H2,1-4H3,(H-,16,17,18,19)/t10-,11+/m0/s1. The van der Waals surface area contributed by atoms with Gasteiger partial charge in [-0.25, -0.2) is 0 Å². The van der Waals surface area contributed by atoms with Crippen LogP contribution in [0, 0.1) is 5.92 Å². The molecule has 0 aliphatic heterocycles. The first-order chi connectivity index (χ1) is 9.49. The van der Waals surface area contributed by atoms with E-state index >= 15 is 0 Å². The molecular weight excluding hydrogens is 278 g/mol. The second-order valence-corrected chi connectivity index (χ2v) is 6.40. The lowest BCUT2D eigenvalue weighted by Gasteiger charge is -2.29. The summed E-state index contributed by atoms with van der Waals surface area (Å²) in [6.45, 7) is 2.13. The van der Waals surface area contributed by atoms with Crippen LogP contribution in [0.4, 0.5) is 0 Å². The molecule has 21 heavy (non-hydrogen) atoms. The number of hydrogen-bond donors (Lipinski definition) is 1. The van der Waals surface area contributed by atoms with Gasteiger partial charge in [-0.2, -0.15) is 0 Å². The molecule has 0 amide bonds. The van der Waals surface area contributed by atoms with Crippen molar-refractivity contribution in [1.29, 1.82) is 0 Å². The van der Waals surface area contributed by atoms with Crippen LogP contribution in [-0.2, 0) is 19.1 Å². The van der Waals surface area contributed by atoms with Gasteiger partial charge < -0.3 is 24.2 Å². The van der Waals surface area contributed by atoms with E-state index in [1.165, 1.54) is 0 Å². The van der Waals surface area contributed by atoms with E-state index in [9.17, 15) is 19.5 Å². The number of carboxylic acid groups (broad SMARTS) is 2. The molecule has 0 heterocycles. The quantitative estimate of drug-likeness (QED) is 0.436. The minimum atomic E-state index is -1.26. The Morgan fingerprint density at radius 1 is 1.19 bits per heavy atom. The fraction of sp³-hybridized carbons (Fsp3) is 0.786. The molecule has 7 heteroatoms. The van der Waals surface area contributed by atoms with Gasteiger partial charge in [0.15, 0.2) is 6.10 Å². The van der Waals surface area contributed by atoms with Gasteiger partial charge in [0.25, 0.3) is 0 Å². The summed E-state index contributed by atoms with van der Waals surface area (Å²) in [5, 5.41) is 19.3. The van der Waals surface area contributed by atoms with Gasteiger partial charge in [-0.05, 0) is 12.3 Å². The summed E-state index contributed by atoms with van der Waals surface area (Å²) >= 11 is 0. The number of esters is 1. The van der Waals surface area contributed by atoms with E-state index in [-0.39, 0.29) is 25.2 Å². The maximum absolute atomic E-state index is 11.8. The highest BCUT2D eigenvalue weighted by Gasteiger charge is 2.23. The van der Waals surface area contributed by atoms with Crippen molar-refractivity contribution >= 4 is 17.9 Å². The molecule has 0 rings (SSSR count). The largest absolute Gasteiger partial charge is 0.550 e. The van der Waals surface area contributed by atoms with Crippen LogP contribution < -0.4 is 5.11 Å². The Kier molecular flexibility index (Phi) is 7.94. The Morgan fingerprint density at radius 3 is 2.19 bits per heavy atom. The van der Waals surface area contributed by atoms with Crippen molar-refractivity contribution in [3.05, 3.63) is 0 Å². The molecule has 1 N–H and O–H groups in total. The van der Waals surface area contributed by atoms with Crippen molar-refractivity contribution in [2.75, 3.05) is 27.7 Å². The molecule has 0 unspecified atom stereocenters. The SMILES string of the molecule is C[C@@H](CCC(=O)O)CC(=O)O[C@H](CC(=O)[O-])C[N+](C)(C)C. The second-order valence-electron chi connectivity index (χ2n) is 6.40. The van der Waals surface area contributed by atoms with Crippen molar-refractivity contribution in [3.63, 3.8) is 0 Å². The van der Waals surface area contributed by atoms with E-state index in [0.29, 0.717) is 17.4 Å². The average molecular weight is 303 g/mol. The summed E-state index contributed by atoms with van der Waals surface area (Å²) in [7, 11) is 5.60. The number of rotatable bonds is 10. The zero-order valence-electron chi connectivity index (χ0n) is 13.1. The van der Waals surface area contributed by atoms with Crippen molar-refractivity contribution in [2.24, 2.45) is 5.92 Å². The zero-order valence-corrected chi connectivity index (χ0v) is 13.1. The topological polar surface area (TPSA) is 104 Å². The molecule has 0 saturated carbocycles. The number of nitrogens with zero attached hydrogens (tertiary/aromatic N) is 1. The van der Waals surface area contributed by atoms with Crippen molar-refractivity contribution in [2.45, 2.75) is 38.7 Å². The van der Waals surface area contributed by atoms with Crippen LogP contribution in [0.2, 0.25) is 0 Å². The van der Waals surface area contributed by atoms with Gasteiger partial charge in [-0.15, -0.1) is 0 Å². The lowest BCUT2D eigenvalue weighted by molar-refractivity contribution is -0.873. The first-order valence-electron chi connectivity index (χ1n) is 6.91. The van der Waals surface area contributed by atoms with E-state index in [4.69, 9.17) is 9.84 Å². The fourth-order valence-corrected chi connectivity index (χ4v) is 1.93. The third-order valence-electron chi connectivity index (χ3n) is 2.81. The molecule has 2 atom stereocenters. The summed E-state index contributed by atoms with van der Waals surface area (Å²) in [6, 6.07) is 0. The Balaban J connectivity index is 4.38. The second kappa shape index (κ2) is 8.61. The minimum Gasteiger partial charge on any atom is -0.550 e. The smallest absolute Gasteiger partial charge is 0.306 e. The molecule has 0 saturated heterocycles. The summed E-state index contributed by atoms with van der Waals surface area (Å²) in [4.78, 5) is 32.9. The monoisotopic (exact) mass is 303 g/mol. The molecule has 0 aromatic carbocycles. The van der Waals surface area contributed by atoms with Crippen LogP contribution in [0.5, 0.6) is 0 Å². The normalized spacial score (nSPS) is 14.3. The summed E-state index contributed by atoms with van der Waals surface area (Å²) in [5.41, 5.74) is 0. The summed E-state index contributed by atoms with van der Waals surface area (Å²) < 4.78 is 5.65. The maximum atomic E-state index is 11.8. The molecule has 0 radical (unpaired) electrons. The Labute approximate surface area is 125 Å². The Bertz CT molecular complexity index is 374. The number of likely N-dealkylation sites (N-methyl/N-ethyl adjacent to an activating group) is 1. The molecule has 0 aliphatic rings. The fourth-order valence-electron chi connectivity index (χ4n) is 1.93. The van der Waals surface area contributed by atoms with Gasteiger partial charge in [0.2, 0.25) is 0 Å². The van der Waals surface area contributed by atoms with Crippen LogP contribution in [0.15, 0.2) is 0 Å². The van der Waals surface area contributed by atoms with Gasteiger partial charge in [-0.1, -0.05) is 6.92 Å². The number of carboxylic acids is 2. The average Bonchev–Trinajstić information content (AvgIpc) is 2.22. The van der Waals surface area contributed by atoms with Gasteiger partial charge in [0.05, 0.1) is 21.1 Å². The lowest BCUT2D eigenvalue weighted by Crippen LogP contribution is -2.45. The maximum Gasteiger partial charge on any atom is 0.306 e. The van der Waals surface area contributed by atoms with Crippen LogP contribution >= 0.6 is 0 Å². The third kappa shape index (κ3) is 11.9. The predicted molar refractivity (Wildman–Crippen MR) is 73.1 cm³/mol. The van der Waals surface area contributed by atoms with Crippen molar-refractivity contribution in [3.8, 4) is 0 Å². The molecule has 0 spiro atoms. The van der Waals surface area contributed by atoms with Crippen LogP contribution in [-0.4, -0.2) is 61.3 Å².